The molecule has 0 aliphatic carbocycles. The lowest BCUT2D eigenvalue weighted by atomic mass is 10.2. The molecule has 4 rings (SSSR count). The van der Waals surface area contributed by atoms with Crippen molar-refractivity contribution in [3.05, 3.63) is 28.4 Å². The van der Waals surface area contributed by atoms with Gasteiger partial charge in [0.25, 0.3) is 0 Å². The summed E-state index contributed by atoms with van der Waals surface area (Å²) in [5.74, 6) is 4.48. The third-order valence-electron chi connectivity index (χ3n) is 4.60. The number of nitrogens with zero attached hydrogens (tertiary/aromatic N) is 8. The van der Waals surface area contributed by atoms with Crippen LogP contribution >= 0.6 is 11.3 Å². The first-order valence-corrected chi connectivity index (χ1v) is 9.88. The van der Waals surface area contributed by atoms with Crippen LogP contribution in [0, 0.1) is 5.41 Å². The van der Waals surface area contributed by atoms with Gasteiger partial charge in [0.2, 0.25) is 17.5 Å². The molecule has 0 spiro atoms. The van der Waals surface area contributed by atoms with E-state index < -0.39 is 12.0 Å². The molecule has 0 fully saturated rings. The minimum atomic E-state index is -4.56. The molecule has 158 valence electrons. The smallest absolute Gasteiger partial charge is 0.347 e. The summed E-state index contributed by atoms with van der Waals surface area (Å²) in [6.45, 7) is 2.49. The van der Waals surface area contributed by atoms with Gasteiger partial charge in [-0.1, -0.05) is 18.6 Å². The lowest BCUT2D eigenvalue weighted by Crippen LogP contribution is -2.36. The van der Waals surface area contributed by atoms with Crippen LogP contribution < -0.4 is 10.7 Å². The molecule has 3 aromatic rings. The summed E-state index contributed by atoms with van der Waals surface area (Å²) in [7, 11) is 0. The Morgan fingerprint density at radius 1 is 1.30 bits per heavy atom. The van der Waals surface area contributed by atoms with Gasteiger partial charge in [0, 0.05) is 18.0 Å². The second-order valence-electron chi connectivity index (χ2n) is 6.63. The van der Waals surface area contributed by atoms with Crippen LogP contribution in [0.2, 0.25) is 0 Å². The Balaban J connectivity index is 1.77. The van der Waals surface area contributed by atoms with Crippen molar-refractivity contribution in [1.82, 2.24) is 24.7 Å². The Hall–Kier alpha value is -3.16. The summed E-state index contributed by atoms with van der Waals surface area (Å²) in [5, 5.41) is 22.4. The maximum atomic E-state index is 13.1. The van der Waals surface area contributed by atoms with Gasteiger partial charge in [-0.15, -0.1) is 26.6 Å². The highest BCUT2D eigenvalue weighted by atomic mass is 32.1. The summed E-state index contributed by atoms with van der Waals surface area (Å²) in [5.41, 5.74) is 0. The lowest BCUT2D eigenvalue weighted by Gasteiger charge is -2.29. The third kappa shape index (κ3) is 3.58. The second kappa shape index (κ2) is 7.59. The van der Waals surface area contributed by atoms with Gasteiger partial charge in [0.05, 0.1) is 11.9 Å². The van der Waals surface area contributed by atoms with Crippen molar-refractivity contribution in [2.24, 2.45) is 16.2 Å². The molecular formula is C16H17F3N10S. The second-order valence-corrected chi connectivity index (χ2v) is 7.74. The van der Waals surface area contributed by atoms with Crippen molar-refractivity contribution in [1.29, 1.82) is 5.41 Å². The minimum absolute atomic E-state index is 0.0413. The van der Waals surface area contributed by atoms with Crippen LogP contribution in [0.25, 0.3) is 10.2 Å². The monoisotopic (exact) mass is 438 g/mol. The van der Waals surface area contributed by atoms with Gasteiger partial charge in [-0.3, -0.25) is 5.41 Å². The number of fused-ring (bicyclic) bond motifs is 2. The number of nitrogens with two attached hydrogens (primary N) is 1. The van der Waals surface area contributed by atoms with E-state index >= 15 is 0 Å². The van der Waals surface area contributed by atoms with Gasteiger partial charge in [-0.05, 0) is 12.5 Å². The van der Waals surface area contributed by atoms with Gasteiger partial charge in [-0.2, -0.15) is 13.2 Å². The molecule has 0 aromatic carbocycles. The van der Waals surface area contributed by atoms with E-state index in [2.05, 4.69) is 37.4 Å². The van der Waals surface area contributed by atoms with Crippen LogP contribution in [0.5, 0.6) is 0 Å². The number of hydrogen-bond donors (Lipinski definition) is 2. The largest absolute Gasteiger partial charge is 0.451 e. The van der Waals surface area contributed by atoms with Gasteiger partial charge in [0.15, 0.2) is 5.82 Å². The number of anilines is 1. The Labute approximate surface area is 172 Å². The van der Waals surface area contributed by atoms with Crippen molar-refractivity contribution in [2.45, 2.75) is 39.0 Å². The molecule has 0 unspecified atom stereocenters. The topological polar surface area (TPSA) is 134 Å². The number of thiophene rings is 1. The van der Waals surface area contributed by atoms with Gasteiger partial charge in [-0.25, -0.2) is 9.97 Å². The van der Waals surface area contributed by atoms with E-state index in [0.29, 0.717) is 10.6 Å². The molecule has 14 heteroatoms. The standard InChI is InChI=1S/C16H17F3N10S/c1-2-3-8-6-9-13(22-12(11(20)25-27-21)23-14(9)30-8)28-4-5-29-10(7-28)24-26-15(29)16(17,18)19/h6H,2-5,7H2,1H3,(H3,20,21,25). The molecule has 0 saturated carbocycles. The summed E-state index contributed by atoms with van der Waals surface area (Å²) in [6.07, 6.45) is -2.75. The molecule has 10 nitrogen and oxygen atoms in total. The number of amidine groups is 1. The van der Waals surface area contributed by atoms with Gasteiger partial charge >= 0.3 is 6.18 Å². The number of nitrogens with one attached hydrogen (secondary N) is 1. The van der Waals surface area contributed by atoms with E-state index in [4.69, 9.17) is 11.3 Å². The van der Waals surface area contributed by atoms with Crippen molar-refractivity contribution in [3.63, 3.8) is 0 Å². The maximum Gasteiger partial charge on any atom is 0.451 e. The number of hydrogen-bond acceptors (Lipinski definition) is 8. The molecule has 3 aromatic heterocycles. The number of aryl methyl sites for hydroxylation is 1. The molecule has 0 radical (unpaired) electrons. The fourth-order valence-electron chi connectivity index (χ4n) is 3.32. The Bertz CT molecular complexity index is 1130. The number of halogens is 3. The van der Waals surface area contributed by atoms with E-state index in [1.54, 1.807) is 0 Å². The SMILES string of the molecule is CCCc1cc2c(N3CCn4c(nnc4C(F)(F)F)C3)nc(C(=N)N=NN)nc2s1. The van der Waals surface area contributed by atoms with Crippen molar-refractivity contribution >= 4 is 33.2 Å². The fourth-order valence-corrected chi connectivity index (χ4v) is 4.45. The Morgan fingerprint density at radius 3 is 2.80 bits per heavy atom. The van der Waals surface area contributed by atoms with Crippen LogP contribution in [0.3, 0.4) is 0 Å². The molecule has 0 bridgehead atoms. The highest BCUT2D eigenvalue weighted by molar-refractivity contribution is 7.18. The van der Waals surface area contributed by atoms with Gasteiger partial charge in [0.1, 0.15) is 10.6 Å². The van der Waals surface area contributed by atoms with E-state index in [9.17, 15) is 13.2 Å². The minimum Gasteiger partial charge on any atom is -0.347 e. The zero-order valence-electron chi connectivity index (χ0n) is 15.8. The summed E-state index contributed by atoms with van der Waals surface area (Å²) in [4.78, 5) is 12.4. The van der Waals surface area contributed by atoms with Crippen molar-refractivity contribution < 1.29 is 13.2 Å². The molecule has 1 aliphatic heterocycles. The predicted molar refractivity (Wildman–Crippen MR) is 103 cm³/mol. The first-order chi connectivity index (χ1) is 14.3. The van der Waals surface area contributed by atoms with Crippen LogP contribution in [-0.4, -0.2) is 37.1 Å². The van der Waals surface area contributed by atoms with Crippen molar-refractivity contribution in [3.8, 4) is 0 Å². The van der Waals surface area contributed by atoms with E-state index in [1.807, 2.05) is 11.0 Å². The van der Waals surface area contributed by atoms with Crippen LogP contribution in [0.1, 0.15) is 35.7 Å². The normalized spacial score (nSPS) is 14.6. The first kappa shape index (κ1) is 20.1. The van der Waals surface area contributed by atoms with Crippen LogP contribution in [0.15, 0.2) is 16.4 Å². The quantitative estimate of drug-likeness (QED) is 0.211. The highest BCUT2D eigenvalue weighted by Gasteiger charge is 2.39. The third-order valence-corrected chi connectivity index (χ3v) is 5.68. The van der Waals surface area contributed by atoms with E-state index in [0.717, 1.165) is 27.7 Å². The van der Waals surface area contributed by atoms with E-state index in [1.165, 1.54) is 11.3 Å². The average molecular weight is 438 g/mol. The van der Waals surface area contributed by atoms with E-state index in [-0.39, 0.29) is 37.1 Å². The molecular weight excluding hydrogens is 421 g/mol. The number of rotatable bonds is 4. The lowest BCUT2D eigenvalue weighted by molar-refractivity contribution is -0.147. The molecule has 1 aliphatic rings. The average Bonchev–Trinajstić information content (AvgIpc) is 3.30. The summed E-state index contributed by atoms with van der Waals surface area (Å²) >= 11 is 1.48. The van der Waals surface area contributed by atoms with Crippen LogP contribution in [-0.2, 0) is 25.7 Å². The predicted octanol–water partition coefficient (Wildman–Crippen LogP) is 2.93. The highest BCUT2D eigenvalue weighted by Crippen LogP contribution is 2.35. The van der Waals surface area contributed by atoms with Gasteiger partial charge < -0.3 is 15.3 Å². The maximum absolute atomic E-state index is 13.1. The number of aromatic nitrogens is 5. The Morgan fingerprint density at radius 2 is 2.10 bits per heavy atom. The molecule has 4 heterocycles. The molecule has 3 N–H and O–H groups in total. The summed E-state index contributed by atoms with van der Waals surface area (Å²) < 4.78 is 40.4. The molecule has 30 heavy (non-hydrogen) atoms. The van der Waals surface area contributed by atoms with Crippen LogP contribution in [0.4, 0.5) is 19.0 Å². The fraction of sp³-hybridized carbons (Fsp3) is 0.438. The van der Waals surface area contributed by atoms with Crippen molar-refractivity contribution in [2.75, 3.05) is 11.4 Å². The molecule has 0 atom stereocenters. The Kier molecular flexibility index (Phi) is 5.09. The first-order valence-electron chi connectivity index (χ1n) is 9.06. The molecule has 0 amide bonds. The number of alkyl halides is 3. The zero-order chi connectivity index (χ0) is 21.5. The zero-order valence-corrected chi connectivity index (χ0v) is 16.6. The summed E-state index contributed by atoms with van der Waals surface area (Å²) in [6, 6.07) is 1.98. The molecule has 0 saturated heterocycles.